The van der Waals surface area contributed by atoms with Gasteiger partial charge >= 0.3 is 0 Å². The van der Waals surface area contributed by atoms with Crippen molar-refractivity contribution in [1.82, 2.24) is 14.1 Å². The fourth-order valence-corrected chi connectivity index (χ4v) is 7.75. The number of nitrogens with zero attached hydrogens (tertiary/aromatic N) is 3. The number of benzene rings is 6. The predicted molar refractivity (Wildman–Crippen MR) is 202 cm³/mol. The molecule has 3 heterocycles. The Balaban J connectivity index is 1.37. The molecule has 3 aromatic heterocycles. The summed E-state index contributed by atoms with van der Waals surface area (Å²) >= 11 is 0. The van der Waals surface area contributed by atoms with Crippen LogP contribution >= 0.6 is 0 Å². The molecule has 0 amide bonds. The highest BCUT2D eigenvalue weighted by Crippen LogP contribution is 2.42. The number of hydrogen-bond donors (Lipinski definition) is 0. The van der Waals surface area contributed by atoms with Gasteiger partial charge in [0.1, 0.15) is 0 Å². The van der Waals surface area contributed by atoms with Crippen molar-refractivity contribution in [2.45, 2.75) is 12.8 Å². The molecule has 6 aromatic carbocycles. The quantitative estimate of drug-likeness (QED) is 0.194. The highest BCUT2D eigenvalue weighted by atomic mass is 15.0. The van der Waals surface area contributed by atoms with E-state index in [4.69, 9.17) is 4.98 Å². The minimum atomic E-state index is 0.998. The molecule has 1 aliphatic carbocycles. The highest BCUT2D eigenvalue weighted by Gasteiger charge is 2.22. The lowest BCUT2D eigenvalue weighted by Gasteiger charge is -2.16. The summed E-state index contributed by atoms with van der Waals surface area (Å²) in [5.41, 5.74) is 12.9. The maximum absolute atomic E-state index is 4.92. The molecule has 226 valence electrons. The molecule has 0 aliphatic heterocycles. The number of hydrogen-bond acceptors (Lipinski definition) is 1. The van der Waals surface area contributed by atoms with Crippen molar-refractivity contribution in [2.75, 3.05) is 0 Å². The van der Waals surface area contributed by atoms with Crippen LogP contribution in [0.15, 0.2) is 164 Å². The zero-order valence-corrected chi connectivity index (χ0v) is 26.3. The lowest BCUT2D eigenvalue weighted by Crippen LogP contribution is -2.00. The molecular formula is C45H31N3. The van der Waals surface area contributed by atoms with E-state index < -0.39 is 0 Å². The van der Waals surface area contributed by atoms with Crippen LogP contribution in [-0.4, -0.2) is 14.1 Å². The highest BCUT2D eigenvalue weighted by molar-refractivity contribution is 6.24. The average Bonchev–Trinajstić information content (AvgIpc) is 3.68. The summed E-state index contributed by atoms with van der Waals surface area (Å²) < 4.78 is 4.93. The molecule has 1 aliphatic rings. The number of para-hydroxylation sites is 3. The molecule has 0 fully saturated rings. The lowest BCUT2D eigenvalue weighted by atomic mass is 9.95. The third-order valence-electron chi connectivity index (χ3n) is 9.91. The molecule has 9 aromatic rings. The van der Waals surface area contributed by atoms with Gasteiger partial charge in [-0.1, -0.05) is 115 Å². The number of allylic oxidation sites excluding steroid dienone is 4. The van der Waals surface area contributed by atoms with Gasteiger partial charge in [0.2, 0.25) is 0 Å². The predicted octanol–water partition coefficient (Wildman–Crippen LogP) is 11.8. The minimum absolute atomic E-state index is 0.998. The Labute approximate surface area is 278 Å². The average molecular weight is 614 g/mol. The first-order chi connectivity index (χ1) is 23.8. The van der Waals surface area contributed by atoms with Crippen LogP contribution in [0.25, 0.3) is 82.6 Å². The largest absolute Gasteiger partial charge is 0.307 e. The SMILES string of the molecule is C1=CC(c2cc(-c3ccccc3)cc(-n3c4ccccc4c4ccc5c6ccccc6n(-c6cnc7ccccc7c6)c5c43)c2)=CCC1. The fraction of sp³-hybridized carbons (Fsp3) is 0.0444. The van der Waals surface area contributed by atoms with Crippen LogP contribution in [0.2, 0.25) is 0 Å². The summed E-state index contributed by atoms with van der Waals surface area (Å²) in [6.45, 7) is 0. The second kappa shape index (κ2) is 10.7. The van der Waals surface area contributed by atoms with Crippen molar-refractivity contribution >= 4 is 60.1 Å². The second-order valence-corrected chi connectivity index (χ2v) is 12.7. The third-order valence-corrected chi connectivity index (χ3v) is 9.91. The smallest absolute Gasteiger partial charge is 0.0789 e. The van der Waals surface area contributed by atoms with Gasteiger partial charge in [0.15, 0.2) is 0 Å². The zero-order chi connectivity index (χ0) is 31.6. The van der Waals surface area contributed by atoms with Crippen molar-refractivity contribution in [3.63, 3.8) is 0 Å². The van der Waals surface area contributed by atoms with Gasteiger partial charge in [-0.3, -0.25) is 4.98 Å². The van der Waals surface area contributed by atoms with Gasteiger partial charge in [-0.15, -0.1) is 0 Å². The Kier molecular flexibility index (Phi) is 6.00. The van der Waals surface area contributed by atoms with Crippen LogP contribution in [0.4, 0.5) is 0 Å². The molecule has 0 spiro atoms. The Morgan fingerprint density at radius 3 is 1.85 bits per heavy atom. The van der Waals surface area contributed by atoms with Crippen molar-refractivity contribution in [3.8, 4) is 22.5 Å². The first kappa shape index (κ1) is 27.0. The number of fused-ring (bicyclic) bond motifs is 8. The van der Waals surface area contributed by atoms with Crippen LogP contribution in [0.3, 0.4) is 0 Å². The van der Waals surface area contributed by atoms with Crippen LogP contribution in [0.1, 0.15) is 18.4 Å². The first-order valence-corrected chi connectivity index (χ1v) is 16.7. The number of rotatable bonds is 4. The third kappa shape index (κ3) is 4.11. The molecule has 48 heavy (non-hydrogen) atoms. The molecule has 0 radical (unpaired) electrons. The number of pyridine rings is 1. The van der Waals surface area contributed by atoms with Gasteiger partial charge in [0.05, 0.1) is 39.5 Å². The van der Waals surface area contributed by atoms with Crippen LogP contribution < -0.4 is 0 Å². The minimum Gasteiger partial charge on any atom is -0.307 e. The van der Waals surface area contributed by atoms with E-state index in [1.165, 1.54) is 65.9 Å². The fourth-order valence-electron chi connectivity index (χ4n) is 7.75. The Morgan fingerprint density at radius 2 is 1.12 bits per heavy atom. The summed E-state index contributed by atoms with van der Waals surface area (Å²) in [5.74, 6) is 0. The first-order valence-electron chi connectivity index (χ1n) is 16.7. The molecule has 0 unspecified atom stereocenters. The zero-order valence-electron chi connectivity index (χ0n) is 26.3. The van der Waals surface area contributed by atoms with E-state index in [0.29, 0.717) is 0 Å². The van der Waals surface area contributed by atoms with E-state index >= 15 is 0 Å². The Morgan fingerprint density at radius 1 is 0.479 bits per heavy atom. The Hall–Kier alpha value is -6.19. The van der Waals surface area contributed by atoms with Crippen molar-refractivity contribution in [2.24, 2.45) is 0 Å². The maximum atomic E-state index is 4.92. The normalized spacial score (nSPS) is 13.3. The molecule has 0 atom stereocenters. The van der Waals surface area contributed by atoms with Crippen LogP contribution in [0, 0.1) is 0 Å². The van der Waals surface area contributed by atoms with Crippen molar-refractivity contribution < 1.29 is 0 Å². The van der Waals surface area contributed by atoms with E-state index in [-0.39, 0.29) is 0 Å². The molecule has 3 heteroatoms. The summed E-state index contributed by atoms with van der Waals surface area (Å²) in [6, 6.07) is 50.7. The molecule has 0 saturated carbocycles. The standard InChI is InChI=1S/C45H31N3/c1-3-13-30(14-4-1)33-25-34(31-15-5-2-6-16-31)28-35(27-33)47-42-21-11-8-18-37(42)39-23-24-40-38-19-9-12-22-43(38)48(45(40)44(39)47)36-26-32-17-7-10-20-41(32)46-29-36/h1,3-5,7-29H,2,6H2. The van der Waals surface area contributed by atoms with Crippen LogP contribution in [-0.2, 0) is 0 Å². The summed E-state index contributed by atoms with van der Waals surface area (Å²) in [7, 11) is 0. The van der Waals surface area contributed by atoms with Crippen LogP contribution in [0.5, 0.6) is 0 Å². The summed E-state index contributed by atoms with van der Waals surface area (Å²) in [6.07, 6.45) is 11.1. The molecule has 3 nitrogen and oxygen atoms in total. The van der Waals surface area contributed by atoms with Crippen molar-refractivity contribution in [1.29, 1.82) is 0 Å². The summed E-state index contributed by atoms with van der Waals surface area (Å²) in [4.78, 5) is 4.92. The maximum Gasteiger partial charge on any atom is 0.0789 e. The molecule has 0 bridgehead atoms. The summed E-state index contributed by atoms with van der Waals surface area (Å²) in [5, 5.41) is 6.07. The van der Waals surface area contributed by atoms with E-state index in [9.17, 15) is 0 Å². The van der Waals surface area contributed by atoms with Gasteiger partial charge in [-0.2, -0.15) is 0 Å². The van der Waals surface area contributed by atoms with Gasteiger partial charge in [-0.25, -0.2) is 0 Å². The topological polar surface area (TPSA) is 22.8 Å². The van der Waals surface area contributed by atoms with Gasteiger partial charge < -0.3 is 9.13 Å². The second-order valence-electron chi connectivity index (χ2n) is 12.7. The van der Waals surface area contributed by atoms with Gasteiger partial charge in [-0.05, 0) is 77.6 Å². The van der Waals surface area contributed by atoms with Gasteiger partial charge in [0.25, 0.3) is 0 Å². The monoisotopic (exact) mass is 613 g/mol. The van der Waals surface area contributed by atoms with E-state index in [0.717, 1.165) is 35.1 Å². The van der Waals surface area contributed by atoms with E-state index in [1.54, 1.807) is 0 Å². The van der Waals surface area contributed by atoms with E-state index in [2.05, 4.69) is 167 Å². The lowest BCUT2D eigenvalue weighted by molar-refractivity contribution is 1.04. The van der Waals surface area contributed by atoms with Gasteiger partial charge in [0, 0.05) is 32.6 Å². The number of aromatic nitrogens is 3. The molecule has 0 N–H and O–H groups in total. The Bertz CT molecular complexity index is 2770. The molecule has 10 rings (SSSR count). The van der Waals surface area contributed by atoms with Crippen molar-refractivity contribution in [3.05, 3.63) is 170 Å². The molecular weight excluding hydrogens is 583 g/mol. The van der Waals surface area contributed by atoms with E-state index in [1.807, 2.05) is 6.20 Å². The molecule has 0 saturated heterocycles.